The predicted molar refractivity (Wildman–Crippen MR) is 106 cm³/mol. The lowest BCUT2D eigenvalue weighted by Crippen LogP contribution is -2.48. The van der Waals surface area contributed by atoms with E-state index in [0.717, 1.165) is 37.2 Å². The third-order valence-corrected chi connectivity index (χ3v) is 4.80. The number of rotatable bonds is 6. The normalized spacial score (nSPS) is 16.5. The Bertz CT molecular complexity index is 743. The predicted octanol–water partition coefficient (Wildman–Crippen LogP) is 1.91. The van der Waals surface area contributed by atoms with E-state index in [4.69, 9.17) is 5.73 Å². The molecule has 1 fully saturated rings. The van der Waals surface area contributed by atoms with Gasteiger partial charge < -0.3 is 16.4 Å². The molecule has 2 aromatic rings. The summed E-state index contributed by atoms with van der Waals surface area (Å²) in [4.78, 5) is 26.6. The third-order valence-electron chi connectivity index (χ3n) is 4.80. The molecule has 1 aliphatic heterocycles. The fraction of sp³-hybridized carbons (Fsp3) is 0.333. The van der Waals surface area contributed by atoms with Crippen molar-refractivity contribution in [3.8, 4) is 0 Å². The minimum atomic E-state index is -0.652. The van der Waals surface area contributed by atoms with Crippen molar-refractivity contribution in [1.82, 2.24) is 10.2 Å². The fourth-order valence-corrected chi connectivity index (χ4v) is 3.26. The van der Waals surface area contributed by atoms with Crippen molar-refractivity contribution in [2.24, 2.45) is 5.73 Å². The molecule has 1 unspecified atom stereocenters. The van der Waals surface area contributed by atoms with E-state index in [0.29, 0.717) is 6.54 Å². The van der Waals surface area contributed by atoms with E-state index in [-0.39, 0.29) is 17.9 Å². The summed E-state index contributed by atoms with van der Waals surface area (Å²) in [6.07, 6.45) is 1.62. The lowest BCUT2D eigenvalue weighted by molar-refractivity contribution is -0.124. The van der Waals surface area contributed by atoms with Gasteiger partial charge in [0, 0.05) is 24.8 Å². The molecule has 142 valence electrons. The average Bonchev–Trinajstić information content (AvgIpc) is 2.70. The molecule has 27 heavy (non-hydrogen) atoms. The van der Waals surface area contributed by atoms with E-state index in [1.165, 1.54) is 0 Å². The van der Waals surface area contributed by atoms with E-state index < -0.39 is 6.04 Å². The van der Waals surface area contributed by atoms with Crippen LogP contribution in [0.5, 0.6) is 0 Å². The molecule has 0 aromatic heterocycles. The number of nitrogens with zero attached hydrogens (tertiary/aromatic N) is 1. The number of piperidine rings is 1. The number of amides is 2. The molecule has 1 atom stereocenters. The highest BCUT2D eigenvalue weighted by Gasteiger charge is 2.24. The Balaban J connectivity index is 1.41. The molecular formula is C21H26N4O2. The van der Waals surface area contributed by atoms with Crippen LogP contribution in [-0.4, -0.2) is 42.4 Å². The molecule has 0 bridgehead atoms. The molecule has 0 spiro atoms. The van der Waals surface area contributed by atoms with Gasteiger partial charge in [0.25, 0.3) is 0 Å². The molecule has 6 heteroatoms. The monoisotopic (exact) mass is 366 g/mol. The summed E-state index contributed by atoms with van der Waals surface area (Å²) in [5.74, 6) is -0.170. The van der Waals surface area contributed by atoms with Crippen molar-refractivity contribution in [1.29, 1.82) is 0 Å². The van der Waals surface area contributed by atoms with E-state index in [2.05, 4.69) is 15.5 Å². The number of carbonyl (C=O) groups excluding carboxylic acids is 2. The van der Waals surface area contributed by atoms with Crippen LogP contribution in [0, 0.1) is 0 Å². The number of hydrogen-bond acceptors (Lipinski definition) is 4. The number of anilines is 1. The SMILES string of the molecule is NC(C(=O)NC1CCN(CC(=O)Nc2ccccc2)CC1)c1ccccc1. The van der Waals surface area contributed by atoms with Crippen LogP contribution >= 0.6 is 0 Å². The average molecular weight is 366 g/mol. The van der Waals surface area contributed by atoms with Gasteiger partial charge in [0.15, 0.2) is 0 Å². The Hall–Kier alpha value is -2.70. The third kappa shape index (κ3) is 5.64. The molecule has 4 N–H and O–H groups in total. The second kappa shape index (κ2) is 9.30. The molecule has 0 radical (unpaired) electrons. The highest BCUT2D eigenvalue weighted by Crippen LogP contribution is 2.14. The largest absolute Gasteiger partial charge is 0.352 e. The molecule has 3 rings (SSSR count). The van der Waals surface area contributed by atoms with Gasteiger partial charge >= 0.3 is 0 Å². The number of carbonyl (C=O) groups is 2. The van der Waals surface area contributed by atoms with Crippen LogP contribution in [0.3, 0.4) is 0 Å². The van der Waals surface area contributed by atoms with Gasteiger partial charge in [-0.15, -0.1) is 0 Å². The maximum Gasteiger partial charge on any atom is 0.241 e. The number of nitrogens with two attached hydrogens (primary N) is 1. The molecule has 0 saturated carbocycles. The van der Waals surface area contributed by atoms with Crippen LogP contribution in [0.1, 0.15) is 24.4 Å². The Morgan fingerprint density at radius 3 is 2.22 bits per heavy atom. The van der Waals surface area contributed by atoms with Gasteiger partial charge in [0.05, 0.1) is 6.54 Å². The molecule has 2 amide bonds. The highest BCUT2D eigenvalue weighted by molar-refractivity contribution is 5.92. The Labute approximate surface area is 159 Å². The van der Waals surface area contributed by atoms with Crippen LogP contribution < -0.4 is 16.4 Å². The summed E-state index contributed by atoms with van der Waals surface area (Å²) in [6, 6.07) is 18.3. The minimum Gasteiger partial charge on any atom is -0.352 e. The maximum atomic E-state index is 12.4. The second-order valence-corrected chi connectivity index (χ2v) is 6.86. The molecular weight excluding hydrogens is 340 g/mol. The Morgan fingerprint density at radius 2 is 1.59 bits per heavy atom. The number of nitrogens with one attached hydrogen (secondary N) is 2. The van der Waals surface area contributed by atoms with Gasteiger partial charge in [-0.1, -0.05) is 48.5 Å². The topological polar surface area (TPSA) is 87.5 Å². The van der Waals surface area contributed by atoms with Crippen LogP contribution in [-0.2, 0) is 9.59 Å². The smallest absolute Gasteiger partial charge is 0.241 e. The van der Waals surface area contributed by atoms with Crippen LogP contribution in [0.2, 0.25) is 0 Å². The van der Waals surface area contributed by atoms with E-state index >= 15 is 0 Å². The molecule has 6 nitrogen and oxygen atoms in total. The van der Waals surface area contributed by atoms with Crippen molar-refractivity contribution < 1.29 is 9.59 Å². The molecule has 2 aromatic carbocycles. The summed E-state index contributed by atoms with van der Waals surface area (Å²) < 4.78 is 0. The summed E-state index contributed by atoms with van der Waals surface area (Å²) in [5.41, 5.74) is 7.66. The van der Waals surface area contributed by atoms with E-state index in [9.17, 15) is 9.59 Å². The zero-order valence-corrected chi connectivity index (χ0v) is 15.3. The van der Waals surface area contributed by atoms with Gasteiger partial charge in [0.1, 0.15) is 6.04 Å². The summed E-state index contributed by atoms with van der Waals surface area (Å²) in [6.45, 7) is 1.90. The molecule has 1 aliphatic rings. The lowest BCUT2D eigenvalue weighted by Gasteiger charge is -2.32. The standard InChI is InChI=1S/C21H26N4O2/c22-20(16-7-3-1-4-8-16)21(27)24-18-11-13-25(14-12-18)15-19(26)23-17-9-5-2-6-10-17/h1-10,18,20H,11-15,22H2,(H,23,26)(H,24,27). The van der Waals surface area contributed by atoms with Gasteiger partial charge in [-0.25, -0.2) is 0 Å². The van der Waals surface area contributed by atoms with Crippen LogP contribution in [0.4, 0.5) is 5.69 Å². The van der Waals surface area contributed by atoms with Crippen molar-refractivity contribution in [2.75, 3.05) is 25.0 Å². The van der Waals surface area contributed by atoms with Crippen molar-refractivity contribution >= 4 is 17.5 Å². The first-order chi connectivity index (χ1) is 13.1. The maximum absolute atomic E-state index is 12.4. The molecule has 0 aliphatic carbocycles. The number of hydrogen-bond donors (Lipinski definition) is 3. The zero-order valence-electron chi connectivity index (χ0n) is 15.3. The summed E-state index contributed by atoms with van der Waals surface area (Å²) in [5, 5.41) is 5.94. The number of para-hydroxylation sites is 1. The summed E-state index contributed by atoms with van der Waals surface area (Å²) in [7, 11) is 0. The fourth-order valence-electron chi connectivity index (χ4n) is 3.26. The van der Waals surface area contributed by atoms with Gasteiger partial charge in [-0.2, -0.15) is 0 Å². The van der Waals surface area contributed by atoms with Crippen molar-refractivity contribution in [2.45, 2.75) is 24.9 Å². The summed E-state index contributed by atoms with van der Waals surface area (Å²) >= 11 is 0. The van der Waals surface area contributed by atoms with Gasteiger partial charge in [-0.3, -0.25) is 14.5 Å². The number of likely N-dealkylation sites (tertiary alicyclic amines) is 1. The van der Waals surface area contributed by atoms with Gasteiger partial charge in [0.2, 0.25) is 11.8 Å². The van der Waals surface area contributed by atoms with Crippen molar-refractivity contribution in [3.63, 3.8) is 0 Å². The Morgan fingerprint density at radius 1 is 1.00 bits per heavy atom. The lowest BCUT2D eigenvalue weighted by atomic mass is 10.0. The van der Waals surface area contributed by atoms with Crippen LogP contribution in [0.15, 0.2) is 60.7 Å². The van der Waals surface area contributed by atoms with E-state index in [1.807, 2.05) is 60.7 Å². The van der Waals surface area contributed by atoms with Crippen molar-refractivity contribution in [3.05, 3.63) is 66.2 Å². The molecule has 1 heterocycles. The zero-order chi connectivity index (χ0) is 19.1. The second-order valence-electron chi connectivity index (χ2n) is 6.86. The van der Waals surface area contributed by atoms with Crippen LogP contribution in [0.25, 0.3) is 0 Å². The number of benzene rings is 2. The first kappa shape index (κ1) is 19.1. The Kier molecular flexibility index (Phi) is 6.57. The molecule has 1 saturated heterocycles. The first-order valence-electron chi connectivity index (χ1n) is 9.30. The minimum absolute atomic E-state index is 0.0187. The van der Waals surface area contributed by atoms with Gasteiger partial charge in [-0.05, 0) is 30.5 Å². The highest BCUT2D eigenvalue weighted by atomic mass is 16.2. The van der Waals surface area contributed by atoms with E-state index in [1.54, 1.807) is 0 Å². The quantitative estimate of drug-likeness (QED) is 0.729. The first-order valence-corrected chi connectivity index (χ1v) is 9.30.